The molecule has 0 bridgehead atoms. The predicted octanol–water partition coefficient (Wildman–Crippen LogP) is 5.62. The third kappa shape index (κ3) is 5.94. The lowest BCUT2D eigenvalue weighted by Gasteiger charge is -2.08. The summed E-state index contributed by atoms with van der Waals surface area (Å²) < 4.78 is 0. The molecule has 0 heterocycles. The number of anilines is 1. The van der Waals surface area contributed by atoms with Crippen LogP contribution in [0, 0.1) is 17.0 Å². The molecule has 0 aliphatic rings. The number of carbonyl (C=O) groups excluding carboxylic acids is 2. The lowest BCUT2D eigenvalue weighted by Crippen LogP contribution is -2.19. The lowest BCUT2D eigenvalue weighted by atomic mass is 10.1. The van der Waals surface area contributed by atoms with Gasteiger partial charge in [-0.1, -0.05) is 35.3 Å². The van der Waals surface area contributed by atoms with Crippen LogP contribution in [0.2, 0.25) is 10.0 Å². The predicted molar refractivity (Wildman–Crippen MR) is 128 cm³/mol. The number of rotatable bonds is 6. The summed E-state index contributed by atoms with van der Waals surface area (Å²) in [6.45, 7) is 3.27. The fourth-order valence-corrected chi connectivity index (χ4v) is 3.43. The van der Waals surface area contributed by atoms with Crippen LogP contribution >= 0.6 is 23.2 Å². The van der Waals surface area contributed by atoms with Crippen molar-refractivity contribution in [1.82, 2.24) is 5.43 Å². The van der Waals surface area contributed by atoms with Crippen molar-refractivity contribution in [3.05, 3.63) is 103 Å². The Morgan fingerprint density at radius 1 is 0.939 bits per heavy atom. The number of aryl methyl sites for hydroxylation is 1. The maximum absolute atomic E-state index is 12.4. The Balaban J connectivity index is 1.65. The van der Waals surface area contributed by atoms with Gasteiger partial charge in [-0.2, -0.15) is 5.10 Å². The Morgan fingerprint density at radius 2 is 1.61 bits per heavy atom. The second-order valence-corrected chi connectivity index (χ2v) is 7.90. The molecule has 3 aromatic carbocycles. The number of nitro benzene ring substituents is 1. The summed E-state index contributed by atoms with van der Waals surface area (Å²) in [5, 5.41) is 18.4. The molecule has 0 fully saturated rings. The molecule has 0 aliphatic heterocycles. The van der Waals surface area contributed by atoms with Crippen molar-refractivity contribution in [2.45, 2.75) is 13.8 Å². The molecule has 0 aliphatic carbocycles. The van der Waals surface area contributed by atoms with Gasteiger partial charge >= 0.3 is 0 Å². The molecule has 3 rings (SSSR count). The summed E-state index contributed by atoms with van der Waals surface area (Å²) >= 11 is 11.9. The maximum Gasteiger partial charge on any atom is 0.272 e. The number of hydrogen-bond donors (Lipinski definition) is 2. The van der Waals surface area contributed by atoms with Gasteiger partial charge in [0, 0.05) is 27.9 Å². The number of nitrogens with one attached hydrogen (secondary N) is 2. The molecule has 33 heavy (non-hydrogen) atoms. The van der Waals surface area contributed by atoms with E-state index in [9.17, 15) is 19.7 Å². The van der Waals surface area contributed by atoms with E-state index in [-0.39, 0.29) is 22.2 Å². The largest absolute Gasteiger partial charge is 0.322 e. The Labute approximate surface area is 199 Å². The van der Waals surface area contributed by atoms with Gasteiger partial charge in [-0.3, -0.25) is 19.7 Å². The van der Waals surface area contributed by atoms with Crippen LogP contribution in [0.3, 0.4) is 0 Å². The van der Waals surface area contributed by atoms with E-state index in [0.29, 0.717) is 27.5 Å². The van der Waals surface area contributed by atoms with Crippen LogP contribution in [0.4, 0.5) is 11.4 Å². The Morgan fingerprint density at radius 3 is 2.21 bits per heavy atom. The third-order valence-corrected chi connectivity index (χ3v) is 5.26. The number of amides is 2. The fraction of sp³-hybridized carbons (Fsp3) is 0.0870. The molecule has 10 heteroatoms. The highest BCUT2D eigenvalue weighted by atomic mass is 35.5. The lowest BCUT2D eigenvalue weighted by molar-refractivity contribution is -0.385. The summed E-state index contributed by atoms with van der Waals surface area (Å²) in [7, 11) is 0. The van der Waals surface area contributed by atoms with Crippen LogP contribution in [0.25, 0.3) is 0 Å². The Kier molecular flexibility index (Phi) is 7.42. The highest BCUT2D eigenvalue weighted by Crippen LogP contribution is 2.22. The first-order valence-electron chi connectivity index (χ1n) is 9.62. The van der Waals surface area contributed by atoms with Crippen LogP contribution in [0.5, 0.6) is 0 Å². The molecule has 2 amide bonds. The van der Waals surface area contributed by atoms with Gasteiger partial charge in [0.05, 0.1) is 21.2 Å². The van der Waals surface area contributed by atoms with Gasteiger partial charge in [0.15, 0.2) is 0 Å². The highest BCUT2D eigenvalue weighted by Gasteiger charge is 2.14. The molecular formula is C23H18Cl2N4O4. The maximum atomic E-state index is 12.4. The van der Waals surface area contributed by atoms with Crippen molar-refractivity contribution >= 4 is 52.1 Å². The van der Waals surface area contributed by atoms with E-state index in [2.05, 4.69) is 15.8 Å². The number of nitro groups is 1. The first kappa shape index (κ1) is 23.9. The highest BCUT2D eigenvalue weighted by molar-refractivity contribution is 6.37. The van der Waals surface area contributed by atoms with Gasteiger partial charge in [0.1, 0.15) is 0 Å². The van der Waals surface area contributed by atoms with E-state index in [4.69, 9.17) is 23.2 Å². The number of benzene rings is 3. The average molecular weight is 485 g/mol. The van der Waals surface area contributed by atoms with Crippen molar-refractivity contribution in [3.63, 3.8) is 0 Å². The standard InChI is InChI=1S/C23H18Cl2N4O4/c1-13-11-16(5-10-21(13)29(32)33)22(30)28-27-14(2)15-3-7-18(8-4-15)26-23(31)19-9-6-17(24)12-20(19)25/h3-12H,1-2H3,(H,26,31)(H,28,30)/b27-14+. The number of hydrogen-bond acceptors (Lipinski definition) is 5. The summed E-state index contributed by atoms with van der Waals surface area (Å²) in [5.41, 5.74) is 5.11. The monoisotopic (exact) mass is 484 g/mol. The van der Waals surface area contributed by atoms with Gasteiger partial charge in [0.25, 0.3) is 17.5 Å². The zero-order valence-corrected chi connectivity index (χ0v) is 19.1. The van der Waals surface area contributed by atoms with Crippen LogP contribution in [0.1, 0.15) is 38.8 Å². The van der Waals surface area contributed by atoms with Crippen LogP contribution in [-0.2, 0) is 0 Å². The van der Waals surface area contributed by atoms with Gasteiger partial charge < -0.3 is 5.32 Å². The molecule has 0 spiro atoms. The van der Waals surface area contributed by atoms with Gasteiger partial charge in [-0.05, 0) is 61.9 Å². The first-order chi connectivity index (χ1) is 15.7. The van der Waals surface area contributed by atoms with E-state index < -0.39 is 10.8 Å². The number of hydrazone groups is 1. The van der Waals surface area contributed by atoms with Crippen molar-refractivity contribution in [1.29, 1.82) is 0 Å². The normalized spacial score (nSPS) is 11.1. The van der Waals surface area contributed by atoms with E-state index >= 15 is 0 Å². The van der Waals surface area contributed by atoms with Crippen molar-refractivity contribution in [2.24, 2.45) is 5.10 Å². The van der Waals surface area contributed by atoms with E-state index in [1.54, 1.807) is 50.2 Å². The molecule has 0 aromatic heterocycles. The number of nitrogens with zero attached hydrogens (tertiary/aromatic N) is 2. The molecule has 2 N–H and O–H groups in total. The zero-order chi connectivity index (χ0) is 24.1. The van der Waals surface area contributed by atoms with Gasteiger partial charge in [0.2, 0.25) is 0 Å². The Hall–Kier alpha value is -3.75. The third-order valence-electron chi connectivity index (χ3n) is 4.72. The SMILES string of the molecule is C/C(=N\NC(=O)c1ccc([N+](=O)[O-])c(C)c1)c1ccc(NC(=O)c2ccc(Cl)cc2Cl)cc1. The number of carbonyl (C=O) groups is 2. The summed E-state index contributed by atoms with van der Waals surface area (Å²) in [5.74, 6) is -0.864. The van der Waals surface area contributed by atoms with Crippen LogP contribution < -0.4 is 10.7 Å². The molecule has 0 saturated carbocycles. The van der Waals surface area contributed by atoms with Gasteiger partial charge in [-0.25, -0.2) is 5.43 Å². The van der Waals surface area contributed by atoms with Crippen LogP contribution in [0.15, 0.2) is 65.8 Å². The molecule has 168 valence electrons. The zero-order valence-electron chi connectivity index (χ0n) is 17.6. The molecule has 0 atom stereocenters. The summed E-state index contributed by atoms with van der Waals surface area (Å²) in [6, 6.07) is 15.6. The van der Waals surface area contributed by atoms with E-state index in [1.807, 2.05) is 0 Å². The molecule has 0 radical (unpaired) electrons. The fourth-order valence-electron chi connectivity index (χ4n) is 2.93. The molecule has 3 aromatic rings. The second-order valence-electron chi connectivity index (χ2n) is 7.05. The van der Waals surface area contributed by atoms with Crippen LogP contribution in [-0.4, -0.2) is 22.4 Å². The minimum absolute atomic E-state index is 0.0586. The van der Waals surface area contributed by atoms with E-state index in [0.717, 1.165) is 5.56 Å². The first-order valence-corrected chi connectivity index (χ1v) is 10.4. The molecule has 8 nitrogen and oxygen atoms in total. The van der Waals surface area contributed by atoms with Crippen molar-refractivity contribution < 1.29 is 14.5 Å². The van der Waals surface area contributed by atoms with E-state index in [1.165, 1.54) is 24.3 Å². The van der Waals surface area contributed by atoms with Crippen molar-refractivity contribution in [2.75, 3.05) is 5.32 Å². The molecule has 0 saturated heterocycles. The minimum atomic E-state index is -0.505. The molecule has 0 unspecified atom stereocenters. The topological polar surface area (TPSA) is 114 Å². The number of halogens is 2. The second kappa shape index (κ2) is 10.2. The summed E-state index contributed by atoms with van der Waals surface area (Å²) in [6.07, 6.45) is 0. The molecular weight excluding hydrogens is 467 g/mol. The van der Waals surface area contributed by atoms with Crippen molar-refractivity contribution in [3.8, 4) is 0 Å². The average Bonchev–Trinajstić information content (AvgIpc) is 2.77. The van der Waals surface area contributed by atoms with Gasteiger partial charge in [-0.15, -0.1) is 0 Å². The smallest absolute Gasteiger partial charge is 0.272 e. The minimum Gasteiger partial charge on any atom is -0.322 e. The quantitative estimate of drug-likeness (QED) is 0.268. The summed E-state index contributed by atoms with van der Waals surface area (Å²) in [4.78, 5) is 35.1. The Bertz CT molecular complexity index is 1270.